The highest BCUT2D eigenvalue weighted by Crippen LogP contribution is 2.29. The zero-order chi connectivity index (χ0) is 20.6. The number of carbonyl (C=O) groups is 1. The molecule has 2 aromatic rings. The van der Waals surface area contributed by atoms with Crippen LogP contribution >= 0.6 is 23.2 Å². The molecular weight excluding hydrogens is 433 g/mol. The molecule has 6 nitrogen and oxygen atoms in total. The highest BCUT2D eigenvalue weighted by Gasteiger charge is 2.36. The summed E-state index contributed by atoms with van der Waals surface area (Å²) in [5, 5.41) is 0.0405. The van der Waals surface area contributed by atoms with Gasteiger partial charge in [0.05, 0.1) is 16.6 Å². The Labute approximate surface area is 180 Å². The van der Waals surface area contributed by atoms with Gasteiger partial charge in [-0.3, -0.25) is 9.69 Å². The maximum atomic E-state index is 12.5. The molecule has 1 saturated heterocycles. The van der Waals surface area contributed by atoms with Crippen LogP contribution in [-0.2, 0) is 27.8 Å². The number of hydrogen-bond acceptors (Lipinski definition) is 4. The molecule has 0 spiro atoms. The van der Waals surface area contributed by atoms with Crippen LogP contribution < -0.4 is 4.72 Å². The fraction of sp³-hybridized carbons (Fsp3) is 0.350. The third kappa shape index (κ3) is 4.29. The van der Waals surface area contributed by atoms with Gasteiger partial charge >= 0.3 is 0 Å². The fourth-order valence-corrected chi connectivity index (χ4v) is 5.91. The van der Waals surface area contributed by atoms with E-state index in [1.54, 1.807) is 11.0 Å². The van der Waals surface area contributed by atoms with E-state index in [0.29, 0.717) is 19.1 Å². The van der Waals surface area contributed by atoms with Crippen molar-refractivity contribution in [2.45, 2.75) is 23.9 Å². The van der Waals surface area contributed by atoms with E-state index in [9.17, 15) is 13.2 Å². The summed E-state index contributed by atoms with van der Waals surface area (Å²) in [4.78, 5) is 16.3. The van der Waals surface area contributed by atoms with Gasteiger partial charge < -0.3 is 4.90 Å². The molecule has 1 fully saturated rings. The molecule has 2 heterocycles. The third-order valence-corrected chi connectivity index (χ3v) is 7.85. The molecule has 2 aliphatic heterocycles. The minimum Gasteiger partial charge on any atom is -0.338 e. The van der Waals surface area contributed by atoms with Crippen LogP contribution in [0.1, 0.15) is 11.1 Å². The summed E-state index contributed by atoms with van der Waals surface area (Å²) >= 11 is 11.9. The largest absolute Gasteiger partial charge is 0.338 e. The monoisotopic (exact) mass is 453 g/mol. The molecule has 0 bridgehead atoms. The number of amides is 1. The molecule has 9 heteroatoms. The van der Waals surface area contributed by atoms with E-state index in [1.165, 1.54) is 23.3 Å². The molecule has 1 N–H and O–H groups in total. The van der Waals surface area contributed by atoms with Crippen molar-refractivity contribution in [1.29, 1.82) is 0 Å². The van der Waals surface area contributed by atoms with Gasteiger partial charge in [0.2, 0.25) is 15.9 Å². The predicted octanol–water partition coefficient (Wildman–Crippen LogP) is 2.54. The fourth-order valence-electron chi connectivity index (χ4n) is 3.80. The molecule has 0 saturated carbocycles. The Kier molecular flexibility index (Phi) is 5.86. The summed E-state index contributed by atoms with van der Waals surface area (Å²) in [6.07, 6.45) is 1.01. The molecule has 0 aromatic heterocycles. The molecule has 0 unspecified atom stereocenters. The summed E-state index contributed by atoms with van der Waals surface area (Å²) < 4.78 is 27.3. The highest BCUT2D eigenvalue weighted by atomic mass is 35.5. The van der Waals surface area contributed by atoms with E-state index in [1.807, 2.05) is 0 Å². The minimum absolute atomic E-state index is 0.0202. The van der Waals surface area contributed by atoms with Gasteiger partial charge in [0.25, 0.3) is 0 Å². The highest BCUT2D eigenvalue weighted by molar-refractivity contribution is 7.89. The lowest BCUT2D eigenvalue weighted by atomic mass is 9.96. The van der Waals surface area contributed by atoms with E-state index in [4.69, 9.17) is 23.2 Å². The van der Waals surface area contributed by atoms with Crippen molar-refractivity contribution in [1.82, 2.24) is 14.5 Å². The Morgan fingerprint density at radius 2 is 1.69 bits per heavy atom. The van der Waals surface area contributed by atoms with Crippen LogP contribution in [0, 0.1) is 0 Å². The molecule has 0 radical (unpaired) electrons. The summed E-state index contributed by atoms with van der Waals surface area (Å²) in [6, 6.07) is 13.2. The van der Waals surface area contributed by atoms with Crippen LogP contribution in [0.2, 0.25) is 10.0 Å². The molecular formula is C20H21Cl2N3O3S. The van der Waals surface area contributed by atoms with Crippen LogP contribution in [0.25, 0.3) is 0 Å². The van der Waals surface area contributed by atoms with Crippen molar-refractivity contribution in [3.63, 3.8) is 0 Å². The van der Waals surface area contributed by atoms with Gasteiger partial charge in [-0.25, -0.2) is 13.1 Å². The lowest BCUT2D eigenvalue weighted by molar-refractivity contribution is -0.137. The summed E-state index contributed by atoms with van der Waals surface area (Å²) in [7, 11) is -3.97. The molecule has 1 amide bonds. The van der Waals surface area contributed by atoms with Gasteiger partial charge in [0, 0.05) is 32.2 Å². The van der Waals surface area contributed by atoms with Crippen molar-refractivity contribution in [3.8, 4) is 0 Å². The number of sulfonamides is 1. The Morgan fingerprint density at radius 3 is 2.38 bits per heavy atom. The zero-order valence-corrected chi connectivity index (χ0v) is 18.0. The van der Waals surface area contributed by atoms with Crippen LogP contribution in [0.4, 0.5) is 0 Å². The predicted molar refractivity (Wildman–Crippen MR) is 113 cm³/mol. The second-order valence-electron chi connectivity index (χ2n) is 7.32. The molecule has 2 aromatic carbocycles. The van der Waals surface area contributed by atoms with Crippen molar-refractivity contribution >= 4 is 39.1 Å². The van der Waals surface area contributed by atoms with E-state index in [-0.39, 0.29) is 27.4 Å². The van der Waals surface area contributed by atoms with Gasteiger partial charge in [-0.05, 0) is 29.7 Å². The van der Waals surface area contributed by atoms with E-state index >= 15 is 0 Å². The van der Waals surface area contributed by atoms with Crippen molar-refractivity contribution in [2.24, 2.45) is 0 Å². The maximum absolute atomic E-state index is 12.5. The zero-order valence-electron chi connectivity index (χ0n) is 15.6. The van der Waals surface area contributed by atoms with Gasteiger partial charge in [0.15, 0.2) is 0 Å². The number of fused-ring (bicyclic) bond motifs is 1. The Bertz CT molecular complexity index is 1020. The van der Waals surface area contributed by atoms with Gasteiger partial charge in [-0.15, -0.1) is 0 Å². The standard InChI is InChI=1S/C20H21Cl2N3O3S/c21-17-6-3-7-18(22)20(17)29(27,28)23-10-19(26)25-12-16(13-25)24-9-8-14-4-1-2-5-15(14)11-24/h1-7,16,23H,8-13H2. The summed E-state index contributed by atoms with van der Waals surface area (Å²) in [5.41, 5.74) is 2.73. The smallest absolute Gasteiger partial charge is 0.244 e. The van der Waals surface area contributed by atoms with Crippen molar-refractivity contribution in [3.05, 3.63) is 63.6 Å². The molecule has 154 valence electrons. The average Bonchev–Trinajstić information content (AvgIpc) is 2.65. The molecule has 0 atom stereocenters. The number of hydrogen-bond donors (Lipinski definition) is 1. The topological polar surface area (TPSA) is 69.7 Å². The summed E-state index contributed by atoms with van der Waals surface area (Å²) in [6.45, 7) is 2.76. The first kappa shape index (κ1) is 20.6. The Hall–Kier alpha value is -1.64. The number of carbonyl (C=O) groups excluding carboxylic acids is 1. The first-order chi connectivity index (χ1) is 13.8. The molecule has 0 aliphatic carbocycles. The number of benzene rings is 2. The lowest BCUT2D eigenvalue weighted by Gasteiger charge is -2.47. The van der Waals surface area contributed by atoms with Gasteiger partial charge in [-0.2, -0.15) is 0 Å². The number of likely N-dealkylation sites (tertiary alicyclic amines) is 1. The molecule has 29 heavy (non-hydrogen) atoms. The normalized spacial score (nSPS) is 17.7. The van der Waals surface area contributed by atoms with Crippen molar-refractivity contribution < 1.29 is 13.2 Å². The van der Waals surface area contributed by atoms with Crippen LogP contribution in [-0.4, -0.2) is 56.3 Å². The van der Waals surface area contributed by atoms with Crippen molar-refractivity contribution in [2.75, 3.05) is 26.2 Å². The second kappa shape index (κ2) is 8.24. The van der Waals surface area contributed by atoms with Crippen LogP contribution in [0.3, 0.4) is 0 Å². The summed E-state index contributed by atoms with van der Waals surface area (Å²) in [5.74, 6) is -0.259. The van der Waals surface area contributed by atoms with Gasteiger partial charge in [-0.1, -0.05) is 53.5 Å². The quantitative estimate of drug-likeness (QED) is 0.754. The first-order valence-electron chi connectivity index (χ1n) is 9.37. The average molecular weight is 454 g/mol. The number of nitrogens with one attached hydrogen (secondary N) is 1. The van der Waals surface area contributed by atoms with Crippen LogP contribution in [0.15, 0.2) is 47.4 Å². The van der Waals surface area contributed by atoms with E-state index < -0.39 is 10.0 Å². The SMILES string of the molecule is O=C(CNS(=O)(=O)c1c(Cl)cccc1Cl)N1CC(N2CCc3ccccc3C2)C1. The second-order valence-corrected chi connectivity index (χ2v) is 9.84. The van der Waals surface area contributed by atoms with E-state index in [0.717, 1.165) is 19.5 Å². The Balaban J connectivity index is 1.30. The van der Waals surface area contributed by atoms with E-state index in [2.05, 4.69) is 33.9 Å². The lowest BCUT2D eigenvalue weighted by Crippen LogP contribution is -2.62. The number of halogens is 2. The minimum atomic E-state index is -3.97. The molecule has 2 aliphatic rings. The van der Waals surface area contributed by atoms with Crippen LogP contribution in [0.5, 0.6) is 0 Å². The first-order valence-corrected chi connectivity index (χ1v) is 11.6. The maximum Gasteiger partial charge on any atom is 0.244 e. The number of nitrogens with zero attached hydrogens (tertiary/aromatic N) is 2. The Morgan fingerprint density at radius 1 is 1.03 bits per heavy atom. The third-order valence-electron chi connectivity index (χ3n) is 5.49. The van der Waals surface area contributed by atoms with Gasteiger partial charge in [0.1, 0.15) is 4.90 Å². The molecule has 4 rings (SSSR count). The number of rotatable bonds is 5.